The minimum absolute atomic E-state index is 0.281. The third kappa shape index (κ3) is 3.22. The molecule has 3 rings (SSSR count). The number of halogens is 1. The Morgan fingerprint density at radius 3 is 2.62 bits per heavy atom. The normalized spacial score (nSPS) is 10.9. The van der Waals surface area contributed by atoms with Crippen LogP contribution in [0.2, 0.25) is 0 Å². The fourth-order valence-corrected chi connectivity index (χ4v) is 2.23. The minimum atomic E-state index is -0.472. The fraction of sp³-hybridized carbons (Fsp3) is 0.0556. The highest BCUT2D eigenvalue weighted by Gasteiger charge is 2.21. The molecule has 1 N–H and O–H groups in total. The summed E-state index contributed by atoms with van der Waals surface area (Å²) in [5, 5.41) is 7.74. The van der Waals surface area contributed by atoms with Crippen molar-refractivity contribution in [1.82, 2.24) is 10.6 Å². The zero-order valence-electron chi connectivity index (χ0n) is 12.9. The van der Waals surface area contributed by atoms with Gasteiger partial charge in [-0.2, -0.15) is 5.10 Å². The van der Waals surface area contributed by atoms with Crippen molar-refractivity contribution in [2.24, 2.45) is 5.10 Å². The summed E-state index contributed by atoms with van der Waals surface area (Å²) >= 11 is 0. The van der Waals surface area contributed by atoms with Gasteiger partial charge in [-0.25, -0.2) is 9.82 Å². The summed E-state index contributed by atoms with van der Waals surface area (Å²) in [5.41, 5.74) is 4.15. The first-order chi connectivity index (χ1) is 11.7. The van der Waals surface area contributed by atoms with Crippen LogP contribution >= 0.6 is 0 Å². The average Bonchev–Trinajstić information content (AvgIpc) is 2.99. The Balaban J connectivity index is 1.81. The predicted octanol–water partition coefficient (Wildman–Crippen LogP) is 3.55. The second kappa shape index (κ2) is 6.87. The first-order valence-corrected chi connectivity index (χ1v) is 7.26. The van der Waals surface area contributed by atoms with Crippen LogP contribution in [0.25, 0.3) is 11.3 Å². The Morgan fingerprint density at radius 1 is 1.17 bits per heavy atom. The van der Waals surface area contributed by atoms with Crippen LogP contribution in [0.5, 0.6) is 0 Å². The standard InChI is InChI=1S/C18H14FN3O2/c1-12-16(17(22-24-12)13-7-3-2-4-8-13)18(23)21-20-11-14-9-5-6-10-15(14)19/h2-11H,1H3,(H,21,23). The maximum atomic E-state index is 13.5. The summed E-state index contributed by atoms with van der Waals surface area (Å²) in [6.45, 7) is 1.65. The predicted molar refractivity (Wildman–Crippen MR) is 88.1 cm³/mol. The van der Waals surface area contributed by atoms with Gasteiger partial charge < -0.3 is 4.52 Å². The molecule has 0 aliphatic heterocycles. The highest BCUT2D eigenvalue weighted by Crippen LogP contribution is 2.24. The molecule has 1 amide bonds. The number of benzene rings is 2. The van der Waals surface area contributed by atoms with E-state index in [9.17, 15) is 9.18 Å². The lowest BCUT2D eigenvalue weighted by Crippen LogP contribution is -2.19. The summed E-state index contributed by atoms with van der Waals surface area (Å²) in [7, 11) is 0. The third-order valence-corrected chi connectivity index (χ3v) is 3.41. The van der Waals surface area contributed by atoms with Crippen LogP contribution in [0, 0.1) is 12.7 Å². The van der Waals surface area contributed by atoms with E-state index in [0.29, 0.717) is 17.0 Å². The van der Waals surface area contributed by atoms with E-state index in [2.05, 4.69) is 15.7 Å². The third-order valence-electron chi connectivity index (χ3n) is 3.41. The van der Waals surface area contributed by atoms with Gasteiger partial charge in [0.15, 0.2) is 0 Å². The van der Waals surface area contributed by atoms with E-state index in [1.54, 1.807) is 25.1 Å². The van der Waals surface area contributed by atoms with E-state index in [1.807, 2.05) is 30.3 Å². The average molecular weight is 323 g/mol. The van der Waals surface area contributed by atoms with Crippen molar-refractivity contribution >= 4 is 12.1 Å². The van der Waals surface area contributed by atoms with Gasteiger partial charge in [0, 0.05) is 11.1 Å². The number of hydrazone groups is 1. The smallest absolute Gasteiger partial charge is 0.277 e. The molecule has 0 aliphatic rings. The van der Waals surface area contributed by atoms with E-state index in [1.165, 1.54) is 12.3 Å². The largest absolute Gasteiger partial charge is 0.360 e. The second-order valence-electron chi connectivity index (χ2n) is 5.05. The number of carbonyl (C=O) groups excluding carboxylic acids is 1. The van der Waals surface area contributed by atoms with Crippen molar-refractivity contribution in [3.63, 3.8) is 0 Å². The van der Waals surface area contributed by atoms with Crippen LogP contribution in [0.15, 0.2) is 64.2 Å². The summed E-state index contributed by atoms with van der Waals surface area (Å²) < 4.78 is 18.6. The molecule has 0 saturated heterocycles. The van der Waals surface area contributed by atoms with Gasteiger partial charge in [-0.05, 0) is 13.0 Å². The molecule has 6 heteroatoms. The van der Waals surface area contributed by atoms with Crippen LogP contribution in [0.1, 0.15) is 21.7 Å². The molecule has 120 valence electrons. The highest BCUT2D eigenvalue weighted by atomic mass is 19.1. The van der Waals surface area contributed by atoms with Crippen molar-refractivity contribution in [2.75, 3.05) is 0 Å². The lowest BCUT2D eigenvalue weighted by atomic mass is 10.1. The van der Waals surface area contributed by atoms with Gasteiger partial charge >= 0.3 is 0 Å². The lowest BCUT2D eigenvalue weighted by Gasteiger charge is -2.01. The molecule has 24 heavy (non-hydrogen) atoms. The SMILES string of the molecule is Cc1onc(-c2ccccc2)c1C(=O)NN=Cc1ccccc1F. The van der Waals surface area contributed by atoms with Crippen LogP contribution in [-0.2, 0) is 0 Å². The molecular formula is C18H14FN3O2. The molecule has 0 spiro atoms. The first kappa shape index (κ1) is 15.6. The molecule has 3 aromatic rings. The van der Waals surface area contributed by atoms with E-state index in [-0.39, 0.29) is 5.56 Å². The second-order valence-corrected chi connectivity index (χ2v) is 5.05. The monoisotopic (exact) mass is 323 g/mol. The van der Waals surface area contributed by atoms with Crippen molar-refractivity contribution < 1.29 is 13.7 Å². The maximum Gasteiger partial charge on any atom is 0.277 e. The molecule has 5 nitrogen and oxygen atoms in total. The minimum Gasteiger partial charge on any atom is -0.360 e. The molecule has 0 bridgehead atoms. The number of aryl methyl sites for hydroxylation is 1. The number of amides is 1. The van der Waals surface area contributed by atoms with E-state index in [4.69, 9.17) is 4.52 Å². The zero-order valence-corrected chi connectivity index (χ0v) is 12.9. The Labute approximate surface area is 137 Å². The molecule has 1 aromatic heterocycles. The molecule has 0 aliphatic carbocycles. The Kier molecular flexibility index (Phi) is 4.47. The Morgan fingerprint density at radius 2 is 1.88 bits per heavy atom. The fourth-order valence-electron chi connectivity index (χ4n) is 2.23. The van der Waals surface area contributed by atoms with Gasteiger partial charge in [0.2, 0.25) is 0 Å². The number of hydrogen-bond acceptors (Lipinski definition) is 4. The van der Waals surface area contributed by atoms with Gasteiger partial charge in [0.25, 0.3) is 5.91 Å². The topological polar surface area (TPSA) is 67.5 Å². The van der Waals surface area contributed by atoms with E-state index >= 15 is 0 Å². The summed E-state index contributed by atoms with van der Waals surface area (Å²) in [5.74, 6) is -0.505. The number of hydrogen-bond donors (Lipinski definition) is 1. The highest BCUT2D eigenvalue weighted by molar-refractivity contribution is 6.01. The number of nitrogens with one attached hydrogen (secondary N) is 1. The van der Waals surface area contributed by atoms with Gasteiger partial charge in [0.1, 0.15) is 22.8 Å². The summed E-state index contributed by atoms with van der Waals surface area (Å²) in [6.07, 6.45) is 1.25. The Hall–Kier alpha value is -3.28. The van der Waals surface area contributed by atoms with Gasteiger partial charge in [0.05, 0.1) is 6.21 Å². The molecule has 0 radical (unpaired) electrons. The van der Waals surface area contributed by atoms with Crippen molar-refractivity contribution in [3.8, 4) is 11.3 Å². The molecular weight excluding hydrogens is 309 g/mol. The molecule has 0 fully saturated rings. The van der Waals surface area contributed by atoms with Gasteiger partial charge in [-0.1, -0.05) is 53.7 Å². The van der Waals surface area contributed by atoms with Gasteiger partial charge in [-0.3, -0.25) is 4.79 Å². The maximum absolute atomic E-state index is 13.5. The van der Waals surface area contributed by atoms with Crippen molar-refractivity contribution in [2.45, 2.75) is 6.92 Å². The summed E-state index contributed by atoms with van der Waals surface area (Å²) in [6, 6.07) is 15.4. The molecule has 1 heterocycles. The molecule has 0 unspecified atom stereocenters. The van der Waals surface area contributed by atoms with Crippen LogP contribution in [0.4, 0.5) is 4.39 Å². The lowest BCUT2D eigenvalue weighted by molar-refractivity contribution is 0.0954. The van der Waals surface area contributed by atoms with Crippen molar-refractivity contribution in [1.29, 1.82) is 0 Å². The number of rotatable bonds is 4. The number of nitrogens with zero attached hydrogens (tertiary/aromatic N) is 2. The quantitative estimate of drug-likeness (QED) is 0.590. The molecule has 0 saturated carbocycles. The Bertz CT molecular complexity index is 888. The first-order valence-electron chi connectivity index (χ1n) is 7.26. The molecule has 0 atom stereocenters. The van der Waals surface area contributed by atoms with Crippen molar-refractivity contribution in [3.05, 3.63) is 77.3 Å². The van der Waals surface area contributed by atoms with Crippen LogP contribution in [-0.4, -0.2) is 17.3 Å². The van der Waals surface area contributed by atoms with Gasteiger partial charge in [-0.15, -0.1) is 0 Å². The van der Waals surface area contributed by atoms with Crippen LogP contribution < -0.4 is 5.43 Å². The van der Waals surface area contributed by atoms with Crippen LogP contribution in [0.3, 0.4) is 0 Å². The number of aromatic nitrogens is 1. The van der Waals surface area contributed by atoms with E-state index in [0.717, 1.165) is 5.56 Å². The zero-order chi connectivity index (χ0) is 16.9. The van der Waals surface area contributed by atoms with E-state index < -0.39 is 11.7 Å². The molecule has 2 aromatic carbocycles. The summed E-state index contributed by atoms with van der Waals surface area (Å²) in [4.78, 5) is 12.4. The number of carbonyl (C=O) groups is 1.